The van der Waals surface area contributed by atoms with Crippen molar-refractivity contribution in [2.75, 3.05) is 6.54 Å². The van der Waals surface area contributed by atoms with Gasteiger partial charge in [-0.15, -0.1) is 10.2 Å². The first-order chi connectivity index (χ1) is 26.3. The molecule has 1 N–H and O–H groups in total. The van der Waals surface area contributed by atoms with Gasteiger partial charge in [-0.3, -0.25) is 9.59 Å². The summed E-state index contributed by atoms with van der Waals surface area (Å²) in [7, 11) is 0. The summed E-state index contributed by atoms with van der Waals surface area (Å²) in [5.74, 6) is -4.59. The molecule has 0 atom stereocenters. The molecule has 7 rings (SSSR count). The largest absolute Gasteiger partial charge is 0.415 e. The summed E-state index contributed by atoms with van der Waals surface area (Å²) in [6, 6.07) is 7.12. The Morgan fingerprint density at radius 2 is 1.20 bits per heavy atom. The molecule has 18 heteroatoms. The molecule has 0 unspecified atom stereocenters. The molecule has 3 aromatic heterocycles. The van der Waals surface area contributed by atoms with Crippen LogP contribution in [0.1, 0.15) is 84.0 Å². The van der Waals surface area contributed by atoms with Crippen molar-refractivity contribution in [2.45, 2.75) is 75.0 Å². The van der Waals surface area contributed by atoms with Crippen LogP contribution in [-0.2, 0) is 28.5 Å². The average molecular weight is 774 g/mol. The molecule has 2 aliphatic carbocycles. The third-order valence-electron chi connectivity index (χ3n) is 9.85. The number of hydrogen-bond donors (Lipinski definition) is 1. The van der Waals surface area contributed by atoms with Gasteiger partial charge in [0.25, 0.3) is 17.7 Å². The fourth-order valence-corrected chi connectivity index (χ4v) is 6.67. The van der Waals surface area contributed by atoms with Gasteiger partial charge in [0.15, 0.2) is 5.78 Å². The van der Waals surface area contributed by atoms with E-state index in [1.807, 2.05) is 5.32 Å². The van der Waals surface area contributed by atoms with Crippen molar-refractivity contribution in [3.63, 3.8) is 0 Å². The Balaban J connectivity index is 0.000000187. The Kier molecular flexibility index (Phi) is 11.6. The van der Waals surface area contributed by atoms with Crippen LogP contribution in [0.25, 0.3) is 11.5 Å². The third kappa shape index (κ3) is 8.84. The highest BCUT2D eigenvalue weighted by Gasteiger charge is 2.42. The van der Waals surface area contributed by atoms with Crippen LogP contribution in [-0.4, -0.2) is 54.8 Å². The van der Waals surface area contributed by atoms with Crippen LogP contribution in [0.5, 0.6) is 0 Å². The van der Waals surface area contributed by atoms with Gasteiger partial charge in [-0.1, -0.05) is 25.0 Å². The molecule has 3 heterocycles. The molecule has 55 heavy (non-hydrogen) atoms. The van der Waals surface area contributed by atoms with Crippen LogP contribution >= 0.6 is 0 Å². The second-order valence-electron chi connectivity index (χ2n) is 13.3. The van der Waals surface area contributed by atoms with E-state index in [-0.39, 0.29) is 11.5 Å². The highest BCUT2D eigenvalue weighted by Crippen LogP contribution is 2.48. The molecule has 288 valence electrons. The van der Waals surface area contributed by atoms with Crippen LogP contribution in [0.4, 0.5) is 35.1 Å². The smallest absolute Gasteiger partial charge is 0.315 e. The van der Waals surface area contributed by atoms with Gasteiger partial charge in [-0.25, -0.2) is 37.5 Å². The second-order valence-corrected chi connectivity index (χ2v) is 13.3. The maximum Gasteiger partial charge on any atom is 0.315 e. The van der Waals surface area contributed by atoms with E-state index < -0.39 is 71.1 Å². The van der Waals surface area contributed by atoms with Crippen molar-refractivity contribution in [1.82, 2.24) is 35.5 Å². The lowest BCUT2D eigenvalue weighted by atomic mass is 9.62. The minimum atomic E-state index is -3.20. The van der Waals surface area contributed by atoms with Crippen LogP contribution in [0.3, 0.4) is 0 Å². The molecular weight excluding hydrogens is 742 g/mol. The Hall–Kier alpha value is -5.68. The number of halogens is 8. The number of ketones is 1. The number of nitrogens with one attached hydrogen (secondary N) is 1. The summed E-state index contributed by atoms with van der Waals surface area (Å²) < 4.78 is 109. The zero-order valence-electron chi connectivity index (χ0n) is 28.7. The molecule has 5 aromatic rings. The fraction of sp³-hybridized carbons (Fsp3) is 0.351. The van der Waals surface area contributed by atoms with Gasteiger partial charge in [-0.2, -0.15) is 17.6 Å². The van der Waals surface area contributed by atoms with E-state index in [0.717, 1.165) is 37.8 Å². The number of Topliss-reactive ketones (excluding diaryl/α,β-unsaturated/α-hetero) is 1. The van der Waals surface area contributed by atoms with Gasteiger partial charge in [0.2, 0.25) is 0 Å². The number of carbonyl (C=O) groups is 2. The standard InChI is InChI=1S/C19H17F4N3O2.C18H14F4N4O/c20-12-2-3-13(14(21)6-12)19(4-1-5-19)7-16-24-8-11(9-25-16)15(27)10-26-18(28)17(22)23;19-11-2-3-12(13(20)6-11)18(4-1-5-18)7-14-23-8-10(9-24-14)16-25-26-17(27-16)15(21)22/h2-3,6,8-9,17H,1,4-5,7,10H2,(H,26,28);2-3,6,8-9,15H,1,4-5,7H2. The third-order valence-corrected chi connectivity index (χ3v) is 9.85. The quantitative estimate of drug-likeness (QED) is 0.102. The highest BCUT2D eigenvalue weighted by atomic mass is 19.3. The van der Waals surface area contributed by atoms with Crippen LogP contribution in [0.15, 0.2) is 65.6 Å². The van der Waals surface area contributed by atoms with Crippen LogP contribution in [0, 0.1) is 23.3 Å². The molecule has 0 radical (unpaired) electrons. The van der Waals surface area contributed by atoms with E-state index in [1.54, 1.807) is 0 Å². The van der Waals surface area contributed by atoms with E-state index in [4.69, 9.17) is 4.42 Å². The first kappa shape index (κ1) is 39.0. The summed E-state index contributed by atoms with van der Waals surface area (Å²) in [6.07, 6.45) is 4.71. The molecule has 1 amide bonds. The van der Waals surface area contributed by atoms with E-state index in [9.17, 15) is 44.7 Å². The van der Waals surface area contributed by atoms with Crippen LogP contribution in [0.2, 0.25) is 0 Å². The Morgan fingerprint density at radius 3 is 1.60 bits per heavy atom. The van der Waals surface area contributed by atoms with Gasteiger partial charge in [0, 0.05) is 60.6 Å². The maximum absolute atomic E-state index is 14.3. The van der Waals surface area contributed by atoms with Crippen molar-refractivity contribution in [3.8, 4) is 11.5 Å². The number of alkyl halides is 4. The molecule has 2 saturated carbocycles. The Bertz CT molecular complexity index is 2140. The fourth-order valence-electron chi connectivity index (χ4n) is 6.67. The van der Waals surface area contributed by atoms with E-state index in [2.05, 4.69) is 30.1 Å². The van der Waals surface area contributed by atoms with E-state index in [1.165, 1.54) is 49.1 Å². The molecule has 2 aliphatic rings. The molecule has 0 aliphatic heterocycles. The van der Waals surface area contributed by atoms with Crippen LogP contribution < -0.4 is 5.32 Å². The molecule has 0 spiro atoms. The normalized spacial score (nSPS) is 15.5. The van der Waals surface area contributed by atoms with Gasteiger partial charge < -0.3 is 9.73 Å². The predicted octanol–water partition coefficient (Wildman–Crippen LogP) is 7.39. The summed E-state index contributed by atoms with van der Waals surface area (Å²) in [5, 5.41) is 8.62. The van der Waals surface area contributed by atoms with Crippen molar-refractivity contribution in [1.29, 1.82) is 0 Å². The predicted molar refractivity (Wildman–Crippen MR) is 177 cm³/mol. The molecule has 0 saturated heterocycles. The lowest BCUT2D eigenvalue weighted by Gasteiger charge is -2.42. The van der Waals surface area contributed by atoms with Crippen molar-refractivity contribution in [2.24, 2.45) is 0 Å². The topological polar surface area (TPSA) is 137 Å². The van der Waals surface area contributed by atoms with Crippen molar-refractivity contribution in [3.05, 3.63) is 119 Å². The van der Waals surface area contributed by atoms with Gasteiger partial charge in [-0.05, 0) is 48.9 Å². The van der Waals surface area contributed by atoms with E-state index >= 15 is 0 Å². The Morgan fingerprint density at radius 1 is 0.709 bits per heavy atom. The monoisotopic (exact) mass is 773 g/mol. The number of amides is 1. The molecule has 2 fully saturated rings. The van der Waals surface area contributed by atoms with Gasteiger partial charge in [0.05, 0.1) is 17.7 Å². The number of carbonyl (C=O) groups excluding carboxylic acids is 2. The van der Waals surface area contributed by atoms with E-state index in [0.29, 0.717) is 54.0 Å². The molecule has 2 aromatic carbocycles. The number of benzene rings is 2. The lowest BCUT2D eigenvalue weighted by molar-refractivity contribution is -0.131. The van der Waals surface area contributed by atoms with Crippen molar-refractivity contribution < 1.29 is 49.1 Å². The average Bonchev–Trinajstić information content (AvgIpc) is 3.63. The molecular formula is C37H31F8N7O3. The first-order valence-corrected chi connectivity index (χ1v) is 17.0. The first-order valence-electron chi connectivity index (χ1n) is 17.0. The molecule has 10 nitrogen and oxygen atoms in total. The SMILES string of the molecule is Fc1ccc(C2(Cc3ncc(-c4nnc(C(F)F)o4)cn3)CCC2)c(F)c1.O=C(CNC(=O)C(F)F)c1cnc(CC2(c3ccc(F)cc3F)CCC2)nc1. The number of hydrogen-bond acceptors (Lipinski definition) is 9. The second kappa shape index (κ2) is 16.4. The summed E-state index contributed by atoms with van der Waals surface area (Å²) in [5.41, 5.74) is 0.267. The zero-order chi connectivity index (χ0) is 39.3. The summed E-state index contributed by atoms with van der Waals surface area (Å²) in [4.78, 5) is 39.4. The lowest BCUT2D eigenvalue weighted by Crippen LogP contribution is -2.38. The summed E-state index contributed by atoms with van der Waals surface area (Å²) >= 11 is 0. The number of aromatic nitrogens is 6. The number of nitrogens with zero attached hydrogens (tertiary/aromatic N) is 6. The highest BCUT2D eigenvalue weighted by molar-refractivity contribution is 5.99. The maximum atomic E-state index is 14.3. The minimum absolute atomic E-state index is 0.0638. The van der Waals surface area contributed by atoms with Crippen molar-refractivity contribution >= 4 is 11.7 Å². The minimum Gasteiger partial charge on any atom is -0.415 e. The molecule has 0 bridgehead atoms. The number of rotatable bonds is 12. The Labute approximate surface area is 307 Å². The summed E-state index contributed by atoms with van der Waals surface area (Å²) in [6.45, 7) is -0.587. The van der Waals surface area contributed by atoms with Gasteiger partial charge in [0.1, 0.15) is 34.9 Å². The zero-order valence-corrected chi connectivity index (χ0v) is 28.7. The van der Waals surface area contributed by atoms with Gasteiger partial charge >= 0.3 is 12.9 Å².